The van der Waals surface area contributed by atoms with E-state index in [1.54, 1.807) is 36.5 Å². The molecule has 0 unspecified atom stereocenters. The Morgan fingerprint density at radius 2 is 1.88 bits per heavy atom. The quantitative estimate of drug-likeness (QED) is 0.596. The van der Waals surface area contributed by atoms with Crippen molar-refractivity contribution in [2.24, 2.45) is 0 Å². The summed E-state index contributed by atoms with van der Waals surface area (Å²) in [5.41, 5.74) is 3.50. The number of carbonyl (C=O) groups is 1. The van der Waals surface area contributed by atoms with Crippen LogP contribution in [0.1, 0.15) is 32.9 Å². The first-order chi connectivity index (χ1) is 16.4. The number of anilines is 1. The zero-order valence-electron chi connectivity index (χ0n) is 18.3. The number of ether oxygens (including phenoxy) is 1. The molecule has 1 aromatic carbocycles. The average molecular weight is 468 g/mol. The fraction of sp³-hybridized carbons (Fsp3) is 0.280. The first kappa shape index (κ1) is 22.2. The fourth-order valence-corrected chi connectivity index (χ4v) is 4.28. The lowest BCUT2D eigenvalue weighted by Crippen LogP contribution is -2.36. The van der Waals surface area contributed by atoms with Gasteiger partial charge in [-0.2, -0.15) is 13.2 Å². The largest absolute Gasteiger partial charge is 0.417 e. The van der Waals surface area contributed by atoms with E-state index >= 15 is 0 Å². The normalized spacial score (nSPS) is 16.6. The van der Waals surface area contributed by atoms with E-state index in [9.17, 15) is 18.0 Å². The number of amides is 1. The molecule has 176 valence electrons. The van der Waals surface area contributed by atoms with Crippen molar-refractivity contribution in [1.82, 2.24) is 15.3 Å². The van der Waals surface area contributed by atoms with E-state index in [1.807, 2.05) is 4.90 Å². The van der Waals surface area contributed by atoms with E-state index in [0.717, 1.165) is 23.4 Å². The van der Waals surface area contributed by atoms with Crippen LogP contribution in [-0.2, 0) is 17.3 Å². The summed E-state index contributed by atoms with van der Waals surface area (Å²) in [7, 11) is 0. The highest BCUT2D eigenvalue weighted by atomic mass is 19.4. The Kier molecular flexibility index (Phi) is 5.87. The van der Waals surface area contributed by atoms with Crippen LogP contribution in [0.2, 0.25) is 0 Å². The summed E-state index contributed by atoms with van der Waals surface area (Å²) < 4.78 is 46.8. The van der Waals surface area contributed by atoms with Gasteiger partial charge in [0, 0.05) is 54.9 Å². The van der Waals surface area contributed by atoms with Crippen molar-refractivity contribution in [2.75, 3.05) is 37.7 Å². The van der Waals surface area contributed by atoms with Gasteiger partial charge in [-0.1, -0.05) is 12.1 Å². The molecule has 5 rings (SSSR count). The minimum absolute atomic E-state index is 0.0729. The van der Waals surface area contributed by atoms with Gasteiger partial charge in [0.25, 0.3) is 5.91 Å². The number of alkyl halides is 3. The molecule has 2 N–H and O–H groups in total. The molecule has 0 atom stereocenters. The van der Waals surface area contributed by atoms with Crippen LogP contribution >= 0.6 is 0 Å². The molecular weight excluding hydrogens is 445 g/mol. The molecule has 1 saturated heterocycles. The summed E-state index contributed by atoms with van der Waals surface area (Å²) in [4.78, 5) is 21.5. The van der Waals surface area contributed by atoms with E-state index in [2.05, 4.69) is 15.3 Å². The van der Waals surface area contributed by atoms with Gasteiger partial charge < -0.3 is 19.9 Å². The number of aromatic nitrogens is 2. The van der Waals surface area contributed by atoms with Crippen molar-refractivity contribution in [3.8, 4) is 11.3 Å². The third-order valence-corrected chi connectivity index (χ3v) is 6.05. The number of hydrogen-bond acceptors (Lipinski definition) is 4. The Morgan fingerprint density at radius 1 is 1.06 bits per heavy atom. The van der Waals surface area contributed by atoms with Crippen molar-refractivity contribution in [3.63, 3.8) is 0 Å². The topological polar surface area (TPSA) is 70.2 Å². The van der Waals surface area contributed by atoms with Crippen LogP contribution in [0, 0.1) is 0 Å². The first-order valence-electron chi connectivity index (χ1n) is 11.1. The van der Waals surface area contributed by atoms with E-state index in [4.69, 9.17) is 4.74 Å². The summed E-state index contributed by atoms with van der Waals surface area (Å²) >= 11 is 0. The van der Waals surface area contributed by atoms with Gasteiger partial charge in [0.05, 0.1) is 30.0 Å². The van der Waals surface area contributed by atoms with E-state index in [0.29, 0.717) is 49.8 Å². The number of carbonyl (C=O) groups excluding carboxylic acids is 1. The van der Waals surface area contributed by atoms with Gasteiger partial charge in [0.15, 0.2) is 0 Å². The van der Waals surface area contributed by atoms with Gasteiger partial charge in [0.2, 0.25) is 0 Å². The lowest BCUT2D eigenvalue weighted by atomic mass is 10.0. The number of aromatic amines is 1. The number of fused-ring (bicyclic) bond motifs is 1. The number of benzene rings is 1. The van der Waals surface area contributed by atoms with Crippen molar-refractivity contribution >= 4 is 23.7 Å². The second-order valence-electron chi connectivity index (χ2n) is 8.25. The third-order valence-electron chi connectivity index (χ3n) is 6.05. The molecule has 1 fully saturated rings. The molecule has 4 heterocycles. The van der Waals surface area contributed by atoms with Crippen molar-refractivity contribution in [3.05, 3.63) is 70.7 Å². The highest BCUT2D eigenvalue weighted by molar-refractivity contribution is 5.97. The van der Waals surface area contributed by atoms with Crippen LogP contribution in [0.4, 0.5) is 18.9 Å². The SMILES string of the molecule is O=C1NCCc2[nH]c(-c3ccnc(/C=C/c4ccc(N5CCOCC5)cc4C(F)(F)F)c3)cc21. The molecule has 34 heavy (non-hydrogen) atoms. The molecule has 9 heteroatoms. The highest BCUT2D eigenvalue weighted by Crippen LogP contribution is 2.36. The maximum absolute atomic E-state index is 13.8. The minimum Gasteiger partial charge on any atom is -0.378 e. The monoisotopic (exact) mass is 468 g/mol. The number of nitrogens with zero attached hydrogens (tertiary/aromatic N) is 2. The van der Waals surface area contributed by atoms with Crippen LogP contribution in [0.15, 0.2) is 42.6 Å². The number of pyridine rings is 1. The highest BCUT2D eigenvalue weighted by Gasteiger charge is 2.33. The molecule has 1 amide bonds. The number of morpholine rings is 1. The van der Waals surface area contributed by atoms with Crippen molar-refractivity contribution in [1.29, 1.82) is 0 Å². The second kappa shape index (κ2) is 8.98. The van der Waals surface area contributed by atoms with Gasteiger partial charge >= 0.3 is 6.18 Å². The second-order valence-corrected chi connectivity index (χ2v) is 8.25. The van der Waals surface area contributed by atoms with E-state index in [-0.39, 0.29) is 11.5 Å². The van der Waals surface area contributed by atoms with Gasteiger partial charge in [-0.15, -0.1) is 0 Å². The molecule has 0 radical (unpaired) electrons. The van der Waals surface area contributed by atoms with Crippen LogP contribution in [0.25, 0.3) is 23.4 Å². The molecular formula is C25H23F3N4O2. The molecule has 0 spiro atoms. The Morgan fingerprint density at radius 3 is 2.65 bits per heavy atom. The van der Waals surface area contributed by atoms with Crippen LogP contribution in [-0.4, -0.2) is 48.7 Å². The van der Waals surface area contributed by atoms with Gasteiger partial charge in [-0.25, -0.2) is 0 Å². The predicted molar refractivity (Wildman–Crippen MR) is 123 cm³/mol. The Labute approximate surface area is 194 Å². The zero-order valence-corrected chi connectivity index (χ0v) is 18.3. The molecule has 3 aromatic rings. The zero-order chi connectivity index (χ0) is 23.7. The Hall–Kier alpha value is -3.59. The third kappa shape index (κ3) is 4.56. The van der Waals surface area contributed by atoms with Crippen LogP contribution in [0.3, 0.4) is 0 Å². The van der Waals surface area contributed by atoms with Crippen molar-refractivity contribution in [2.45, 2.75) is 12.6 Å². The Bertz CT molecular complexity index is 1240. The molecule has 0 aliphatic carbocycles. The van der Waals surface area contributed by atoms with Crippen LogP contribution < -0.4 is 10.2 Å². The number of halogens is 3. The minimum atomic E-state index is -4.48. The predicted octanol–water partition coefficient (Wildman–Crippen LogP) is 4.39. The summed E-state index contributed by atoms with van der Waals surface area (Å²) in [6.45, 7) is 2.71. The summed E-state index contributed by atoms with van der Waals surface area (Å²) in [5.74, 6) is -0.113. The summed E-state index contributed by atoms with van der Waals surface area (Å²) in [5, 5.41) is 2.81. The maximum Gasteiger partial charge on any atom is 0.417 e. The lowest BCUT2D eigenvalue weighted by molar-refractivity contribution is -0.137. The molecule has 2 aromatic heterocycles. The van der Waals surface area contributed by atoms with Crippen LogP contribution in [0.5, 0.6) is 0 Å². The first-order valence-corrected chi connectivity index (χ1v) is 11.1. The molecule has 2 aliphatic rings. The summed E-state index contributed by atoms with van der Waals surface area (Å²) in [6.07, 6.45) is 0.838. The van der Waals surface area contributed by atoms with Crippen molar-refractivity contribution < 1.29 is 22.7 Å². The number of nitrogens with one attached hydrogen (secondary N) is 2. The Balaban J connectivity index is 1.42. The molecule has 0 bridgehead atoms. The molecule has 2 aliphatic heterocycles. The summed E-state index contributed by atoms with van der Waals surface area (Å²) in [6, 6.07) is 9.76. The number of rotatable bonds is 4. The average Bonchev–Trinajstić information content (AvgIpc) is 3.29. The fourth-order valence-electron chi connectivity index (χ4n) is 4.28. The number of hydrogen-bond donors (Lipinski definition) is 2. The molecule has 6 nitrogen and oxygen atoms in total. The van der Waals surface area contributed by atoms with Gasteiger partial charge in [-0.05, 0) is 42.0 Å². The maximum atomic E-state index is 13.8. The molecule has 0 saturated carbocycles. The van der Waals surface area contributed by atoms with Gasteiger partial charge in [0.1, 0.15) is 0 Å². The van der Waals surface area contributed by atoms with Gasteiger partial charge in [-0.3, -0.25) is 9.78 Å². The smallest absolute Gasteiger partial charge is 0.378 e. The van der Waals surface area contributed by atoms with E-state index < -0.39 is 11.7 Å². The number of H-pyrrole nitrogens is 1. The standard InChI is InChI=1S/C25H23F3N4O2/c26-25(27,28)21-14-19(32-9-11-34-12-10-32)4-2-16(21)1-3-18-13-17(5-7-29-18)23-15-20-22(31-23)6-8-30-24(20)33/h1-5,7,13-15,31H,6,8-12H2,(H,30,33)/b3-1+. The lowest BCUT2D eigenvalue weighted by Gasteiger charge is -2.29. The van der Waals surface area contributed by atoms with E-state index in [1.165, 1.54) is 18.2 Å².